The van der Waals surface area contributed by atoms with Gasteiger partial charge in [0.15, 0.2) is 0 Å². The highest BCUT2D eigenvalue weighted by molar-refractivity contribution is 7.99. The normalized spacial score (nSPS) is 11.7. The van der Waals surface area contributed by atoms with Gasteiger partial charge in [0.25, 0.3) is 0 Å². The van der Waals surface area contributed by atoms with E-state index in [1.54, 1.807) is 0 Å². The fourth-order valence-corrected chi connectivity index (χ4v) is 7.77. The molecule has 0 unspecified atom stereocenters. The van der Waals surface area contributed by atoms with Crippen LogP contribution in [0.5, 0.6) is 0 Å². The van der Waals surface area contributed by atoms with Gasteiger partial charge in [-0.2, -0.15) is 0 Å². The van der Waals surface area contributed by atoms with E-state index in [2.05, 4.69) is 39.6 Å². The molecule has 0 heterocycles. The van der Waals surface area contributed by atoms with Crippen molar-refractivity contribution in [2.45, 2.75) is 226 Å². The van der Waals surface area contributed by atoms with E-state index in [1.165, 1.54) is 235 Å². The maximum Gasteiger partial charge on any atom is 0.125 e. The molecule has 1 nitrogen and oxygen atoms in total. The first-order valence-electron chi connectivity index (χ1n) is 20.1. The van der Waals surface area contributed by atoms with Crippen molar-refractivity contribution in [3.63, 3.8) is 0 Å². The predicted molar refractivity (Wildman–Crippen MR) is 198 cm³/mol. The summed E-state index contributed by atoms with van der Waals surface area (Å²) < 4.78 is 1.33. The summed E-state index contributed by atoms with van der Waals surface area (Å²) in [7, 11) is 2.60. The number of quaternary nitrogens is 1. The van der Waals surface area contributed by atoms with Crippen molar-refractivity contribution in [1.29, 1.82) is 0 Å². The van der Waals surface area contributed by atoms with Gasteiger partial charge in [0.1, 0.15) is 5.88 Å². The zero-order valence-corrected chi connectivity index (χ0v) is 33.1. The van der Waals surface area contributed by atoms with Gasteiger partial charge in [-0.1, -0.05) is 194 Å². The molecule has 0 aliphatic rings. The summed E-state index contributed by atoms with van der Waals surface area (Å²) in [6, 6.07) is 0. The van der Waals surface area contributed by atoms with Crippen molar-refractivity contribution >= 4 is 11.8 Å². The molecule has 0 atom stereocenters. The summed E-state index contributed by atoms with van der Waals surface area (Å²) in [6.45, 7) is 9.79. The molecule has 0 N–H and O–H groups in total. The van der Waals surface area contributed by atoms with Crippen LogP contribution in [0.2, 0.25) is 0 Å². The zero-order valence-electron chi connectivity index (χ0n) is 30.7. The largest absolute Gasteiger partial charge is 1.00 e. The Hall–Kier alpha value is 0.790. The van der Waals surface area contributed by atoms with Crippen molar-refractivity contribution in [3.05, 3.63) is 0 Å². The minimum Gasteiger partial charge on any atom is -1.00 e. The van der Waals surface area contributed by atoms with Gasteiger partial charge in [-0.05, 0) is 37.9 Å². The van der Waals surface area contributed by atoms with Gasteiger partial charge < -0.3 is 21.5 Å². The van der Waals surface area contributed by atoms with Crippen LogP contribution in [0.15, 0.2) is 0 Å². The van der Waals surface area contributed by atoms with E-state index >= 15 is 0 Å². The smallest absolute Gasteiger partial charge is 0.125 e. The Morgan fingerprint density at radius 3 is 0.837 bits per heavy atom. The third-order valence-electron chi connectivity index (χ3n) is 9.65. The summed E-state index contributed by atoms with van der Waals surface area (Å²) >= 11 is 2.27. The molecule has 0 fully saturated rings. The molecule has 262 valence electrons. The van der Waals surface area contributed by atoms with Crippen molar-refractivity contribution in [2.24, 2.45) is 0 Å². The molecule has 0 rings (SSSR count). The van der Waals surface area contributed by atoms with E-state index < -0.39 is 0 Å². The topological polar surface area (TPSA) is 0 Å². The number of hydrogen-bond donors (Lipinski definition) is 0. The van der Waals surface area contributed by atoms with Crippen LogP contribution in [-0.4, -0.2) is 36.2 Å². The quantitative estimate of drug-likeness (QED) is 0.0355. The third kappa shape index (κ3) is 37.1. The molecule has 0 aliphatic heterocycles. The van der Waals surface area contributed by atoms with Crippen LogP contribution in [0.25, 0.3) is 0 Å². The molecule has 0 saturated heterocycles. The third-order valence-corrected chi connectivity index (χ3v) is 11.0. The van der Waals surface area contributed by atoms with Crippen LogP contribution in [0, 0.1) is 0 Å². The summed E-state index contributed by atoms with van der Waals surface area (Å²) in [6.07, 6.45) is 46.6. The summed E-state index contributed by atoms with van der Waals surface area (Å²) in [4.78, 5) is 0. The average molecular weight is 691 g/mol. The lowest BCUT2D eigenvalue weighted by atomic mass is 10.0. The lowest BCUT2D eigenvalue weighted by Crippen LogP contribution is -3.00. The number of nitrogens with zero attached hydrogens (tertiary/aromatic N) is 1. The Morgan fingerprint density at radius 1 is 0.326 bits per heavy atom. The zero-order chi connectivity index (χ0) is 30.7. The van der Waals surface area contributed by atoms with Crippen LogP contribution >= 0.6 is 11.8 Å². The molecule has 0 aromatic rings. The highest BCUT2D eigenvalue weighted by Crippen LogP contribution is 2.20. The van der Waals surface area contributed by atoms with E-state index in [-0.39, 0.29) is 17.0 Å². The van der Waals surface area contributed by atoms with Gasteiger partial charge in [0, 0.05) is 0 Å². The molecule has 0 amide bonds. The summed E-state index contributed by atoms with van der Waals surface area (Å²) in [5.41, 5.74) is 0. The van der Waals surface area contributed by atoms with Crippen LogP contribution in [0.1, 0.15) is 226 Å². The molecule has 43 heavy (non-hydrogen) atoms. The first kappa shape index (κ1) is 45.9. The molecule has 3 heteroatoms. The van der Waals surface area contributed by atoms with Crippen molar-refractivity contribution < 1.29 is 21.5 Å². The molecular formula is C40H84BrNS. The van der Waals surface area contributed by atoms with E-state index in [0.717, 1.165) is 0 Å². The summed E-state index contributed by atoms with van der Waals surface area (Å²) in [5.74, 6) is 2.74. The van der Waals surface area contributed by atoms with Crippen molar-refractivity contribution in [1.82, 2.24) is 0 Å². The molecular weight excluding hydrogens is 606 g/mol. The fraction of sp³-hybridized carbons (Fsp3) is 1.00. The predicted octanol–water partition coefficient (Wildman–Crippen LogP) is 11.7. The Kier molecular flexibility index (Phi) is 41.6. The maximum atomic E-state index is 2.60. The number of rotatable bonds is 37. The first-order valence-corrected chi connectivity index (χ1v) is 21.2. The second kappa shape index (κ2) is 39.0. The van der Waals surface area contributed by atoms with Gasteiger partial charge in [-0.15, -0.1) is 11.8 Å². The highest BCUT2D eigenvalue weighted by atomic mass is 79.9. The summed E-state index contributed by atoms with van der Waals surface area (Å²) in [5, 5.41) is 0. The van der Waals surface area contributed by atoms with Crippen LogP contribution in [-0.2, 0) is 0 Å². The molecule has 0 bridgehead atoms. The van der Waals surface area contributed by atoms with Gasteiger partial charge in [-0.3, -0.25) is 0 Å². The lowest BCUT2D eigenvalue weighted by molar-refractivity contribution is -0.897. The number of unbranched alkanes of at least 4 members (excludes halogenated alkanes) is 29. The SMILES string of the molecule is CCCCCCCCCCCCCC[N+](C)(CCCCCCCCCCCCCC)CSCCCCCCCCCC.[Br-]. The molecule has 0 aromatic carbocycles. The number of hydrogen-bond acceptors (Lipinski definition) is 1. The van der Waals surface area contributed by atoms with Crippen molar-refractivity contribution in [2.75, 3.05) is 31.8 Å². The second-order valence-corrected chi connectivity index (χ2v) is 15.4. The van der Waals surface area contributed by atoms with Gasteiger partial charge in [0.05, 0.1) is 20.1 Å². The molecule has 0 saturated carbocycles. The van der Waals surface area contributed by atoms with Gasteiger partial charge in [-0.25, -0.2) is 0 Å². The molecule has 0 aromatic heterocycles. The fourth-order valence-electron chi connectivity index (χ4n) is 6.53. The van der Waals surface area contributed by atoms with E-state index in [1.807, 2.05) is 0 Å². The highest BCUT2D eigenvalue weighted by Gasteiger charge is 2.20. The second-order valence-electron chi connectivity index (χ2n) is 14.4. The number of halogens is 1. The minimum atomic E-state index is 0. The van der Waals surface area contributed by atoms with Crippen LogP contribution in [0.3, 0.4) is 0 Å². The Labute approximate surface area is 290 Å². The van der Waals surface area contributed by atoms with Crippen molar-refractivity contribution in [3.8, 4) is 0 Å². The minimum absolute atomic E-state index is 0. The van der Waals surface area contributed by atoms with Gasteiger partial charge >= 0.3 is 0 Å². The van der Waals surface area contributed by atoms with E-state index in [9.17, 15) is 0 Å². The van der Waals surface area contributed by atoms with E-state index in [4.69, 9.17) is 0 Å². The Balaban J connectivity index is 0. The maximum absolute atomic E-state index is 2.60. The standard InChI is InChI=1S/C40H84NS.BrH/c1-5-8-11-14-17-20-22-24-26-28-31-34-37-41(4,40-42-39-36-33-30-19-16-13-10-7-3)38-35-32-29-27-25-23-21-18-15-12-9-6-2;/h5-40H2,1-4H3;1H/q+1;/p-1. The number of thioether (sulfide) groups is 1. The first-order chi connectivity index (χ1) is 20.7. The molecule has 0 radical (unpaired) electrons. The molecule has 0 spiro atoms. The van der Waals surface area contributed by atoms with E-state index in [0.29, 0.717) is 0 Å². The molecule has 0 aliphatic carbocycles. The van der Waals surface area contributed by atoms with Gasteiger partial charge in [0.2, 0.25) is 0 Å². The van der Waals surface area contributed by atoms with Crippen LogP contribution < -0.4 is 17.0 Å². The Morgan fingerprint density at radius 2 is 0.558 bits per heavy atom. The van der Waals surface area contributed by atoms with Crippen LogP contribution in [0.4, 0.5) is 0 Å². The monoisotopic (exact) mass is 690 g/mol. The Bertz CT molecular complexity index is 457. The lowest BCUT2D eigenvalue weighted by Gasteiger charge is -2.34. The average Bonchev–Trinajstić information content (AvgIpc) is 2.99.